The summed E-state index contributed by atoms with van der Waals surface area (Å²) >= 11 is 5.79. The van der Waals surface area contributed by atoms with Gasteiger partial charge in [0, 0.05) is 11.8 Å². The van der Waals surface area contributed by atoms with Crippen molar-refractivity contribution in [2.45, 2.75) is 20.3 Å². The molecule has 1 aromatic carbocycles. The fourth-order valence-corrected chi connectivity index (χ4v) is 2.07. The molecule has 0 radical (unpaired) electrons. The molecule has 1 aromatic heterocycles. The third kappa shape index (κ3) is 3.23. The predicted octanol–water partition coefficient (Wildman–Crippen LogP) is 3.42. The molecular formula is C14H16ClFN4. The predicted molar refractivity (Wildman–Crippen MR) is 78.8 cm³/mol. The number of rotatable bonds is 4. The number of nitrogen functional groups attached to an aromatic ring is 1. The highest BCUT2D eigenvalue weighted by Gasteiger charge is 2.13. The second kappa shape index (κ2) is 6.15. The van der Waals surface area contributed by atoms with E-state index in [1.807, 2.05) is 0 Å². The minimum Gasteiger partial charge on any atom is -0.308 e. The lowest BCUT2D eigenvalue weighted by Gasteiger charge is -2.10. The van der Waals surface area contributed by atoms with Gasteiger partial charge in [-0.2, -0.15) is 0 Å². The molecule has 0 aliphatic heterocycles. The molecule has 0 amide bonds. The van der Waals surface area contributed by atoms with E-state index in [0.717, 1.165) is 12.1 Å². The minimum absolute atomic E-state index is 0.0441. The molecule has 2 aromatic rings. The summed E-state index contributed by atoms with van der Waals surface area (Å²) in [4.78, 5) is 8.57. The molecule has 20 heavy (non-hydrogen) atoms. The molecule has 4 nitrogen and oxygen atoms in total. The Morgan fingerprint density at radius 2 is 2.10 bits per heavy atom. The Bertz CT molecular complexity index is 616. The zero-order valence-electron chi connectivity index (χ0n) is 11.3. The number of hydrazine groups is 1. The first-order valence-corrected chi connectivity index (χ1v) is 6.68. The molecule has 0 saturated heterocycles. The van der Waals surface area contributed by atoms with Crippen molar-refractivity contribution in [2.75, 3.05) is 5.43 Å². The Labute approximate surface area is 122 Å². The second-order valence-electron chi connectivity index (χ2n) is 4.91. The lowest BCUT2D eigenvalue weighted by Crippen LogP contribution is -2.11. The Hall–Kier alpha value is -1.72. The number of halogens is 2. The van der Waals surface area contributed by atoms with Crippen molar-refractivity contribution in [3.05, 3.63) is 40.8 Å². The Kier molecular flexibility index (Phi) is 4.52. The summed E-state index contributed by atoms with van der Waals surface area (Å²) in [5.41, 5.74) is 3.54. The van der Waals surface area contributed by atoms with E-state index in [-0.39, 0.29) is 16.4 Å². The molecule has 2 rings (SSSR count). The first-order chi connectivity index (χ1) is 9.51. The number of hydrogen-bond donors (Lipinski definition) is 2. The first kappa shape index (κ1) is 14.7. The van der Waals surface area contributed by atoms with Crippen LogP contribution in [-0.4, -0.2) is 9.97 Å². The Morgan fingerprint density at radius 1 is 1.35 bits per heavy atom. The van der Waals surface area contributed by atoms with Crippen LogP contribution in [0.25, 0.3) is 11.4 Å². The van der Waals surface area contributed by atoms with Crippen LogP contribution in [0.3, 0.4) is 0 Å². The van der Waals surface area contributed by atoms with Crippen molar-refractivity contribution < 1.29 is 4.39 Å². The average molecular weight is 295 g/mol. The molecule has 6 heteroatoms. The summed E-state index contributed by atoms with van der Waals surface area (Å²) in [5, 5.41) is 0.0441. The molecule has 1 heterocycles. The Balaban J connectivity index is 2.52. The highest BCUT2D eigenvalue weighted by atomic mass is 35.5. The lowest BCUT2D eigenvalue weighted by atomic mass is 10.1. The normalized spacial score (nSPS) is 10.9. The molecule has 0 aliphatic carbocycles. The molecule has 0 saturated carbocycles. The van der Waals surface area contributed by atoms with Crippen molar-refractivity contribution in [3.63, 3.8) is 0 Å². The van der Waals surface area contributed by atoms with Crippen molar-refractivity contribution in [2.24, 2.45) is 11.8 Å². The van der Waals surface area contributed by atoms with Gasteiger partial charge in [0.15, 0.2) is 11.6 Å². The van der Waals surface area contributed by atoms with Crippen molar-refractivity contribution in [1.29, 1.82) is 0 Å². The molecule has 0 spiro atoms. The first-order valence-electron chi connectivity index (χ1n) is 6.30. The molecule has 106 valence electrons. The highest BCUT2D eigenvalue weighted by Crippen LogP contribution is 2.26. The van der Waals surface area contributed by atoms with Gasteiger partial charge in [-0.3, -0.25) is 0 Å². The van der Waals surface area contributed by atoms with Crippen LogP contribution in [0.2, 0.25) is 5.02 Å². The molecule has 0 unspecified atom stereocenters. The summed E-state index contributed by atoms with van der Waals surface area (Å²) < 4.78 is 14.1. The number of benzene rings is 1. The standard InChI is InChI=1S/C14H16ClFN4/c1-8(2)6-9-7-12(20-17)19-14(18-9)10-4-3-5-11(15)13(10)16/h3-5,7-8H,6,17H2,1-2H3,(H,18,19,20). The average Bonchev–Trinajstić information content (AvgIpc) is 2.40. The maximum Gasteiger partial charge on any atom is 0.164 e. The van der Waals surface area contributed by atoms with Crippen molar-refractivity contribution in [3.8, 4) is 11.4 Å². The number of aromatic nitrogens is 2. The number of anilines is 1. The zero-order chi connectivity index (χ0) is 14.7. The van der Waals surface area contributed by atoms with Gasteiger partial charge in [-0.25, -0.2) is 20.2 Å². The van der Waals surface area contributed by atoms with Crippen LogP contribution in [0.1, 0.15) is 19.5 Å². The quantitative estimate of drug-likeness (QED) is 0.670. The fourth-order valence-electron chi connectivity index (χ4n) is 1.89. The summed E-state index contributed by atoms with van der Waals surface area (Å²) in [6.45, 7) is 4.16. The number of nitrogens with one attached hydrogen (secondary N) is 1. The van der Waals surface area contributed by atoms with E-state index < -0.39 is 5.82 Å². The number of nitrogens with zero attached hydrogens (tertiary/aromatic N) is 2. The van der Waals surface area contributed by atoms with Gasteiger partial charge in [0.25, 0.3) is 0 Å². The maximum atomic E-state index is 14.1. The fraction of sp³-hybridized carbons (Fsp3) is 0.286. The Morgan fingerprint density at radius 3 is 2.75 bits per heavy atom. The van der Waals surface area contributed by atoms with E-state index >= 15 is 0 Å². The SMILES string of the molecule is CC(C)Cc1cc(NN)nc(-c2cccc(Cl)c2F)n1. The zero-order valence-corrected chi connectivity index (χ0v) is 12.1. The van der Waals surface area contributed by atoms with E-state index in [4.69, 9.17) is 17.4 Å². The van der Waals surface area contributed by atoms with Gasteiger partial charge in [-0.05, 0) is 24.5 Å². The third-order valence-corrected chi connectivity index (χ3v) is 3.03. The summed E-state index contributed by atoms with van der Waals surface area (Å²) in [5.74, 6) is 6.02. The maximum absolute atomic E-state index is 14.1. The van der Waals surface area contributed by atoms with E-state index in [2.05, 4.69) is 29.2 Å². The van der Waals surface area contributed by atoms with Gasteiger partial charge in [0.2, 0.25) is 0 Å². The van der Waals surface area contributed by atoms with Crippen LogP contribution in [0.4, 0.5) is 10.2 Å². The topological polar surface area (TPSA) is 63.8 Å². The molecular weight excluding hydrogens is 279 g/mol. The van der Waals surface area contributed by atoms with Gasteiger partial charge < -0.3 is 5.43 Å². The van der Waals surface area contributed by atoms with Crippen LogP contribution >= 0.6 is 11.6 Å². The smallest absolute Gasteiger partial charge is 0.164 e. The number of nitrogens with two attached hydrogens (primary N) is 1. The molecule has 0 atom stereocenters. The van der Waals surface area contributed by atoms with Crippen LogP contribution in [0.15, 0.2) is 24.3 Å². The molecule has 3 N–H and O–H groups in total. The summed E-state index contributed by atoms with van der Waals surface area (Å²) in [6.07, 6.45) is 0.756. The monoisotopic (exact) mass is 294 g/mol. The number of hydrogen-bond acceptors (Lipinski definition) is 4. The van der Waals surface area contributed by atoms with Crippen LogP contribution in [0, 0.1) is 11.7 Å². The van der Waals surface area contributed by atoms with E-state index in [1.165, 1.54) is 6.07 Å². The molecule has 0 bridgehead atoms. The second-order valence-corrected chi connectivity index (χ2v) is 5.32. The van der Waals surface area contributed by atoms with Gasteiger partial charge in [0.05, 0.1) is 10.6 Å². The van der Waals surface area contributed by atoms with E-state index in [9.17, 15) is 4.39 Å². The largest absolute Gasteiger partial charge is 0.308 e. The van der Waals surface area contributed by atoms with Crippen LogP contribution in [0.5, 0.6) is 0 Å². The summed E-state index contributed by atoms with van der Waals surface area (Å²) in [7, 11) is 0. The van der Waals surface area contributed by atoms with Crippen molar-refractivity contribution in [1.82, 2.24) is 9.97 Å². The third-order valence-electron chi connectivity index (χ3n) is 2.74. The highest BCUT2D eigenvalue weighted by molar-refractivity contribution is 6.31. The van der Waals surface area contributed by atoms with E-state index in [1.54, 1.807) is 18.2 Å². The van der Waals surface area contributed by atoms with Gasteiger partial charge in [-0.15, -0.1) is 0 Å². The molecule has 0 aliphatic rings. The van der Waals surface area contributed by atoms with E-state index in [0.29, 0.717) is 11.7 Å². The van der Waals surface area contributed by atoms with Crippen LogP contribution < -0.4 is 11.3 Å². The van der Waals surface area contributed by atoms with Gasteiger partial charge in [-0.1, -0.05) is 31.5 Å². The minimum atomic E-state index is -0.529. The lowest BCUT2D eigenvalue weighted by molar-refractivity contribution is 0.626. The summed E-state index contributed by atoms with van der Waals surface area (Å²) in [6, 6.07) is 6.50. The van der Waals surface area contributed by atoms with Gasteiger partial charge >= 0.3 is 0 Å². The molecule has 0 fully saturated rings. The van der Waals surface area contributed by atoms with Crippen molar-refractivity contribution >= 4 is 17.4 Å². The van der Waals surface area contributed by atoms with Gasteiger partial charge in [0.1, 0.15) is 5.82 Å². The van der Waals surface area contributed by atoms with Crippen LogP contribution in [-0.2, 0) is 6.42 Å².